The molecule has 0 aromatic heterocycles. The Morgan fingerprint density at radius 2 is 1.08 bits per heavy atom. The second-order valence-electron chi connectivity index (χ2n) is 20.0. The smallest absolute Gasteiger partial charge is 0.330 e. The lowest BCUT2D eigenvalue weighted by molar-refractivity contribution is -0.145. The molecule has 0 amide bonds. The molecule has 1 heterocycles. The fourth-order valence-corrected chi connectivity index (χ4v) is 14.3. The summed E-state index contributed by atoms with van der Waals surface area (Å²) in [6, 6.07) is 66.7. The summed E-state index contributed by atoms with van der Waals surface area (Å²) < 4.78 is 139. The number of sulfonamides is 2. The highest BCUT2D eigenvalue weighted by Gasteiger charge is 2.37. The summed E-state index contributed by atoms with van der Waals surface area (Å²) >= 11 is 0.172. The van der Waals surface area contributed by atoms with Gasteiger partial charge in [0.05, 0.1) is 33.1 Å². The molecule has 1 aliphatic heterocycles. The zero-order valence-electron chi connectivity index (χ0n) is 47.0. The van der Waals surface area contributed by atoms with E-state index in [4.69, 9.17) is 18.9 Å². The first-order valence-electron chi connectivity index (χ1n) is 27.7. The average molecular weight is 1250 g/mol. The third-order valence-electron chi connectivity index (χ3n) is 14.3. The summed E-state index contributed by atoms with van der Waals surface area (Å²) in [7, 11) is -11.5. The number of hydrogen-bond acceptors (Lipinski definition) is 12. The van der Waals surface area contributed by atoms with E-state index in [2.05, 4.69) is 11.9 Å². The maximum Gasteiger partial charge on any atom is 0.330 e. The molecule has 0 unspecified atom stereocenters. The first-order chi connectivity index (χ1) is 43.1. The van der Waals surface area contributed by atoms with Crippen molar-refractivity contribution >= 4 is 71.8 Å². The fraction of sp³-hybridized carbons (Fsp3) is 0.0714. The normalized spacial score (nSPS) is 11.8. The molecular weight excluding hydrogens is 1200 g/mol. The molecule has 9 aromatic rings. The minimum absolute atomic E-state index is 0.0788. The Labute approximate surface area is 514 Å². The molecule has 0 fully saturated rings. The first-order valence-corrected chi connectivity index (χ1v) is 31.7. The third kappa shape index (κ3) is 13.2. The highest BCUT2D eigenvalue weighted by molar-refractivity contribution is 8.04. The zero-order chi connectivity index (χ0) is 62.2. The average Bonchev–Trinajstić information content (AvgIpc) is 0.830. The van der Waals surface area contributed by atoms with Gasteiger partial charge < -0.3 is 19.2 Å². The lowest BCUT2D eigenvalue weighted by atomic mass is 9.93. The van der Waals surface area contributed by atoms with Gasteiger partial charge in [-0.1, -0.05) is 183 Å². The molecule has 0 atom stereocenters. The summed E-state index contributed by atoms with van der Waals surface area (Å²) in [5.74, 6) is -10.8. The number of carbonyl (C=O) groups is 2. The number of rotatable bonds is 21. The van der Waals surface area contributed by atoms with E-state index in [1.807, 2.05) is 158 Å². The summed E-state index contributed by atoms with van der Waals surface area (Å²) in [4.78, 5) is 24.4. The predicted octanol–water partition coefficient (Wildman–Crippen LogP) is 16.2. The van der Waals surface area contributed by atoms with E-state index in [0.29, 0.717) is 27.7 Å². The van der Waals surface area contributed by atoms with Crippen molar-refractivity contribution in [2.45, 2.75) is 27.5 Å². The van der Waals surface area contributed by atoms with E-state index in [1.54, 1.807) is 36.4 Å². The van der Waals surface area contributed by atoms with Gasteiger partial charge in [0.15, 0.2) is 28.2 Å². The molecule has 9 aromatic carbocycles. The van der Waals surface area contributed by atoms with Gasteiger partial charge in [-0.3, -0.25) is 4.79 Å². The molecule has 11 rings (SSSR count). The summed E-state index contributed by atoms with van der Waals surface area (Å²) in [6.45, 7) is 2.64. The lowest BCUT2D eigenvalue weighted by Gasteiger charge is -2.20. The molecule has 89 heavy (non-hydrogen) atoms. The van der Waals surface area contributed by atoms with Crippen molar-refractivity contribution in [3.63, 3.8) is 0 Å². The Morgan fingerprint density at radius 1 is 0.551 bits per heavy atom. The number of hydrogen-bond donors (Lipinski definition) is 2. The van der Waals surface area contributed by atoms with Crippen molar-refractivity contribution in [1.82, 2.24) is 4.13 Å². The van der Waals surface area contributed by atoms with Crippen LogP contribution in [0.15, 0.2) is 255 Å². The van der Waals surface area contributed by atoms with Crippen molar-refractivity contribution in [3.05, 3.63) is 260 Å². The van der Waals surface area contributed by atoms with Crippen LogP contribution in [-0.4, -0.2) is 47.7 Å². The van der Waals surface area contributed by atoms with Crippen molar-refractivity contribution in [2.24, 2.45) is 4.99 Å². The molecule has 0 saturated heterocycles. The number of carbonyl (C=O) groups excluding carboxylic acids is 2. The predicted molar refractivity (Wildman–Crippen MR) is 337 cm³/mol. The lowest BCUT2D eigenvalue weighted by Crippen LogP contribution is -2.33. The number of esters is 2. The molecular formula is C70H51F4N3O9S3. The van der Waals surface area contributed by atoms with E-state index < -0.39 is 82.3 Å². The van der Waals surface area contributed by atoms with Crippen LogP contribution in [0.2, 0.25) is 0 Å². The van der Waals surface area contributed by atoms with Crippen LogP contribution in [0.25, 0.3) is 77.9 Å². The fourth-order valence-electron chi connectivity index (χ4n) is 10.3. The minimum atomic E-state index is -6.02. The molecule has 0 spiro atoms. The summed E-state index contributed by atoms with van der Waals surface area (Å²) in [5.41, 5.74) is 9.77. The van der Waals surface area contributed by atoms with Crippen LogP contribution in [-0.2, 0) is 39.1 Å². The van der Waals surface area contributed by atoms with Crippen molar-refractivity contribution in [3.8, 4) is 67.0 Å². The summed E-state index contributed by atoms with van der Waals surface area (Å²) in [5, 5.41) is 4.43. The molecule has 2 N–H and O–H groups in total. The van der Waals surface area contributed by atoms with E-state index in [9.17, 15) is 26.4 Å². The number of nitrogens with zero attached hydrogens (tertiary/aromatic N) is 1. The SMILES string of the molecule is C=CC(=O)OCCCC(=O)OCCSc1c(F)c(F)c(S(=O)(=O)NS(=O)(=O)c2ccccc2-c2c3ccc(=Nc4c(-c5ccccc5)cccc4-c4ccccc4)cc-3oc3cc(Nc4c(-c5ccccc5)cccc4-c4ccccc4)ccc23)c(F)c1F. The largest absolute Gasteiger partial charge is 0.465 e. The Kier molecular flexibility index (Phi) is 18.2. The van der Waals surface area contributed by atoms with Crippen molar-refractivity contribution in [1.29, 1.82) is 0 Å². The quantitative estimate of drug-likeness (QED) is 0.0133. The van der Waals surface area contributed by atoms with E-state index in [-0.39, 0.29) is 53.7 Å². The zero-order valence-corrected chi connectivity index (χ0v) is 49.4. The number of halogens is 4. The van der Waals surface area contributed by atoms with Crippen LogP contribution in [0.5, 0.6) is 0 Å². The van der Waals surface area contributed by atoms with Gasteiger partial charge in [0.1, 0.15) is 18.0 Å². The Balaban J connectivity index is 1.01. The molecule has 0 bridgehead atoms. The van der Waals surface area contributed by atoms with Gasteiger partial charge in [-0.2, -0.15) is 0 Å². The molecule has 0 radical (unpaired) electrons. The minimum Gasteiger partial charge on any atom is -0.465 e. The van der Waals surface area contributed by atoms with Crippen molar-refractivity contribution < 1.29 is 57.9 Å². The number of para-hydroxylation sites is 2. The molecule has 0 saturated carbocycles. The van der Waals surface area contributed by atoms with E-state index in [1.165, 1.54) is 22.3 Å². The first kappa shape index (κ1) is 60.8. The highest BCUT2D eigenvalue weighted by Crippen LogP contribution is 2.46. The van der Waals surface area contributed by atoms with Crippen LogP contribution in [0, 0.1) is 23.3 Å². The van der Waals surface area contributed by atoms with Gasteiger partial charge >= 0.3 is 11.9 Å². The van der Waals surface area contributed by atoms with Crippen LogP contribution < -0.4 is 14.8 Å². The monoisotopic (exact) mass is 1250 g/mol. The van der Waals surface area contributed by atoms with Gasteiger partial charge in [0.2, 0.25) is 0 Å². The van der Waals surface area contributed by atoms with Gasteiger partial charge in [0.25, 0.3) is 20.0 Å². The Bertz CT molecular complexity index is 4630. The maximum atomic E-state index is 16.0. The molecule has 12 nitrogen and oxygen atoms in total. The van der Waals surface area contributed by atoms with Gasteiger partial charge in [-0.25, -0.2) is 44.2 Å². The second kappa shape index (κ2) is 26.6. The van der Waals surface area contributed by atoms with Crippen LogP contribution in [0.4, 0.5) is 34.6 Å². The topological polar surface area (TPSA) is 170 Å². The highest BCUT2D eigenvalue weighted by atomic mass is 32.3. The Hall–Kier alpha value is -9.92. The summed E-state index contributed by atoms with van der Waals surface area (Å²) in [6.07, 6.45) is 0.813. The van der Waals surface area contributed by atoms with E-state index in [0.717, 1.165) is 62.3 Å². The molecule has 2 aliphatic rings. The van der Waals surface area contributed by atoms with Gasteiger partial charge in [-0.05, 0) is 59.0 Å². The van der Waals surface area contributed by atoms with Crippen molar-refractivity contribution in [2.75, 3.05) is 24.3 Å². The number of anilines is 2. The Morgan fingerprint density at radius 3 is 1.65 bits per heavy atom. The van der Waals surface area contributed by atoms with Crippen LogP contribution in [0.1, 0.15) is 12.8 Å². The third-order valence-corrected chi connectivity index (χ3v) is 18.9. The molecule has 19 heteroatoms. The van der Waals surface area contributed by atoms with Gasteiger partial charge in [0, 0.05) is 80.4 Å². The molecule has 446 valence electrons. The number of ether oxygens (including phenoxy) is 2. The van der Waals surface area contributed by atoms with Gasteiger partial charge in [-0.15, -0.1) is 15.9 Å². The van der Waals surface area contributed by atoms with Crippen LogP contribution in [0.3, 0.4) is 0 Å². The number of fused-ring (bicyclic) bond motifs is 2. The number of benzene rings is 10. The number of nitrogens with one attached hydrogen (secondary N) is 2. The molecule has 1 aliphatic carbocycles. The maximum absolute atomic E-state index is 16.0. The second-order valence-corrected chi connectivity index (χ2v) is 24.7. The number of thioether (sulfide) groups is 1. The van der Waals surface area contributed by atoms with Crippen LogP contribution >= 0.6 is 11.8 Å². The van der Waals surface area contributed by atoms with E-state index >= 15 is 17.6 Å². The standard InChI is InChI=1S/C70H51F4N3O9S3/c1-2-60(78)84-39-19-34-61(79)85-40-41-87-69-63(71)65(73)70(66(74)64(69)72)89(82,83)77-88(80,81)59-33-16-15-28-56(59)62-54-37-35-48(75-67-50(44-20-7-3-8-21-44)29-17-30-51(67)45-22-9-4-10-23-45)42-57(54)86-58-43-49(36-38-55(58)62)76-68-52(46-24-11-5-12-25-46)31-18-32-53(68)47-26-13-6-14-27-47/h2-18,20-33,35-38,42-43,75,77H,1,19,34,39-41H2.